The molecule has 2 aromatic carbocycles. The van der Waals surface area contributed by atoms with Crippen molar-refractivity contribution in [1.29, 1.82) is 0 Å². The molecule has 0 radical (unpaired) electrons. The molecule has 0 spiro atoms. The van der Waals surface area contributed by atoms with E-state index in [4.69, 9.17) is 27.7 Å². The van der Waals surface area contributed by atoms with Crippen molar-refractivity contribution in [3.05, 3.63) is 70.0 Å². The first-order valence-corrected chi connectivity index (χ1v) is 12.6. The quantitative estimate of drug-likeness (QED) is 0.411. The molecular weight excluding hydrogens is 471 g/mol. The molecule has 0 saturated carbocycles. The van der Waals surface area contributed by atoms with Crippen molar-refractivity contribution in [2.24, 2.45) is 11.8 Å². The first-order valence-electron chi connectivity index (χ1n) is 11.8. The van der Waals surface area contributed by atoms with Gasteiger partial charge >= 0.3 is 0 Å². The molecule has 1 atom stereocenters. The van der Waals surface area contributed by atoms with Gasteiger partial charge in [0, 0.05) is 23.0 Å². The standard InChI is InChI=1S/C26H30Cl2N4O2/c1-2-18(14-19-6-4-3-5-7-19)16-29-26(33)20-10-12-32(13-11-20)17-24-30-25(31-34-24)22-9-8-21(27)15-23(22)28/h3-9,15,18,20H,2,10-14,16-17H2,1H3,(H,29,33). The number of carbonyl (C=O) groups excluding carboxylic acids is 1. The number of carbonyl (C=O) groups is 1. The van der Waals surface area contributed by atoms with Crippen LogP contribution in [0.25, 0.3) is 11.4 Å². The SMILES string of the molecule is CCC(CNC(=O)C1CCN(Cc2nc(-c3ccc(Cl)cc3Cl)no2)CC1)Cc1ccccc1. The van der Waals surface area contributed by atoms with Crippen LogP contribution in [0.4, 0.5) is 0 Å². The zero-order valence-corrected chi connectivity index (χ0v) is 20.9. The lowest BCUT2D eigenvalue weighted by molar-refractivity contribution is -0.126. The lowest BCUT2D eigenvalue weighted by atomic mass is 9.94. The van der Waals surface area contributed by atoms with Crippen LogP contribution in [0.15, 0.2) is 53.1 Å². The predicted octanol–water partition coefficient (Wildman–Crippen LogP) is 5.64. The second-order valence-corrected chi connectivity index (χ2v) is 9.74. The van der Waals surface area contributed by atoms with Crippen LogP contribution in [-0.4, -0.2) is 40.6 Å². The third-order valence-electron chi connectivity index (χ3n) is 6.47. The number of nitrogens with one attached hydrogen (secondary N) is 1. The van der Waals surface area contributed by atoms with Gasteiger partial charge in [0.1, 0.15) is 0 Å². The van der Waals surface area contributed by atoms with E-state index in [1.165, 1.54) is 5.56 Å². The second kappa shape index (κ2) is 11.8. The summed E-state index contributed by atoms with van der Waals surface area (Å²) in [5.41, 5.74) is 2.01. The molecular formula is C26H30Cl2N4O2. The normalized spacial score (nSPS) is 15.9. The Hall–Kier alpha value is -2.41. The van der Waals surface area contributed by atoms with E-state index in [1.807, 2.05) is 6.07 Å². The van der Waals surface area contributed by atoms with E-state index in [1.54, 1.807) is 18.2 Å². The number of halogens is 2. The van der Waals surface area contributed by atoms with Crippen molar-refractivity contribution < 1.29 is 9.32 Å². The third-order valence-corrected chi connectivity index (χ3v) is 7.01. The fourth-order valence-corrected chi connectivity index (χ4v) is 4.83. The Morgan fingerprint density at radius 1 is 1.18 bits per heavy atom. The van der Waals surface area contributed by atoms with E-state index >= 15 is 0 Å². The van der Waals surface area contributed by atoms with Gasteiger partial charge in [0.05, 0.1) is 11.6 Å². The van der Waals surface area contributed by atoms with Crippen molar-refractivity contribution >= 4 is 29.1 Å². The summed E-state index contributed by atoms with van der Waals surface area (Å²) in [6.07, 6.45) is 3.68. The molecule has 1 aromatic heterocycles. The monoisotopic (exact) mass is 500 g/mol. The number of hydrogen-bond donors (Lipinski definition) is 1. The van der Waals surface area contributed by atoms with Gasteiger partial charge in [-0.1, -0.05) is 72.0 Å². The molecule has 1 N–H and O–H groups in total. The van der Waals surface area contributed by atoms with Crippen LogP contribution >= 0.6 is 23.2 Å². The van der Waals surface area contributed by atoms with Crippen LogP contribution in [0.1, 0.15) is 37.6 Å². The molecule has 4 rings (SSSR count). The average molecular weight is 501 g/mol. The number of aromatic nitrogens is 2. The Labute approximate surface area is 210 Å². The summed E-state index contributed by atoms with van der Waals surface area (Å²) in [7, 11) is 0. The topological polar surface area (TPSA) is 71.3 Å². The number of likely N-dealkylation sites (tertiary alicyclic amines) is 1. The van der Waals surface area contributed by atoms with Gasteiger partial charge in [-0.15, -0.1) is 0 Å². The zero-order valence-electron chi connectivity index (χ0n) is 19.3. The maximum absolute atomic E-state index is 12.8. The average Bonchev–Trinajstić information content (AvgIpc) is 3.30. The Bertz CT molecular complexity index is 1080. The Kier molecular flexibility index (Phi) is 8.59. The molecule has 2 heterocycles. The highest BCUT2D eigenvalue weighted by Crippen LogP contribution is 2.28. The fourth-order valence-electron chi connectivity index (χ4n) is 4.34. The first-order chi connectivity index (χ1) is 16.5. The number of nitrogens with zero attached hydrogens (tertiary/aromatic N) is 3. The van der Waals surface area contributed by atoms with Gasteiger partial charge < -0.3 is 9.84 Å². The number of benzene rings is 2. The molecule has 1 saturated heterocycles. The van der Waals surface area contributed by atoms with Crippen LogP contribution < -0.4 is 5.32 Å². The van der Waals surface area contributed by atoms with E-state index in [-0.39, 0.29) is 11.8 Å². The summed E-state index contributed by atoms with van der Waals surface area (Å²) in [5.74, 6) is 1.66. The minimum atomic E-state index is 0.0524. The van der Waals surface area contributed by atoms with Crippen LogP contribution in [0.5, 0.6) is 0 Å². The minimum Gasteiger partial charge on any atom is -0.356 e. The van der Waals surface area contributed by atoms with E-state index in [0.717, 1.165) is 45.3 Å². The van der Waals surface area contributed by atoms with Crippen molar-refractivity contribution in [2.75, 3.05) is 19.6 Å². The number of amides is 1. The molecule has 34 heavy (non-hydrogen) atoms. The maximum Gasteiger partial charge on any atom is 0.241 e. The number of piperidine rings is 1. The summed E-state index contributed by atoms with van der Waals surface area (Å²) in [5, 5.41) is 8.31. The van der Waals surface area contributed by atoms with Gasteiger partial charge in [0.15, 0.2) is 0 Å². The second-order valence-electron chi connectivity index (χ2n) is 8.90. The Balaban J connectivity index is 1.22. The van der Waals surface area contributed by atoms with E-state index in [0.29, 0.717) is 39.8 Å². The molecule has 180 valence electrons. The smallest absolute Gasteiger partial charge is 0.241 e. The summed E-state index contributed by atoms with van der Waals surface area (Å²) >= 11 is 12.2. The minimum absolute atomic E-state index is 0.0524. The Morgan fingerprint density at radius 2 is 1.94 bits per heavy atom. The lowest BCUT2D eigenvalue weighted by Gasteiger charge is -2.30. The van der Waals surface area contributed by atoms with Gasteiger partial charge in [-0.3, -0.25) is 9.69 Å². The van der Waals surface area contributed by atoms with Crippen LogP contribution in [0.3, 0.4) is 0 Å². The third kappa shape index (κ3) is 6.59. The van der Waals surface area contributed by atoms with Crippen LogP contribution in [0.2, 0.25) is 10.0 Å². The summed E-state index contributed by atoms with van der Waals surface area (Å²) < 4.78 is 5.43. The highest BCUT2D eigenvalue weighted by Gasteiger charge is 2.26. The van der Waals surface area contributed by atoms with Crippen LogP contribution in [0, 0.1) is 11.8 Å². The molecule has 6 nitrogen and oxygen atoms in total. The van der Waals surface area contributed by atoms with Crippen molar-refractivity contribution in [3.8, 4) is 11.4 Å². The van der Waals surface area contributed by atoms with Gasteiger partial charge in [0.2, 0.25) is 17.6 Å². The number of hydrogen-bond acceptors (Lipinski definition) is 5. The molecule has 1 fully saturated rings. The van der Waals surface area contributed by atoms with E-state index in [2.05, 4.69) is 51.5 Å². The Morgan fingerprint density at radius 3 is 2.65 bits per heavy atom. The molecule has 8 heteroatoms. The van der Waals surface area contributed by atoms with Crippen molar-refractivity contribution in [1.82, 2.24) is 20.4 Å². The highest BCUT2D eigenvalue weighted by molar-refractivity contribution is 6.36. The van der Waals surface area contributed by atoms with Gasteiger partial charge in [0.25, 0.3) is 0 Å². The zero-order chi connectivity index (χ0) is 23.9. The van der Waals surface area contributed by atoms with Crippen molar-refractivity contribution in [2.45, 2.75) is 39.2 Å². The van der Waals surface area contributed by atoms with Gasteiger partial charge in [-0.2, -0.15) is 4.98 Å². The summed E-state index contributed by atoms with van der Waals surface area (Å²) in [4.78, 5) is 19.5. The predicted molar refractivity (Wildman–Crippen MR) is 135 cm³/mol. The molecule has 1 unspecified atom stereocenters. The highest BCUT2D eigenvalue weighted by atomic mass is 35.5. The first kappa shape index (κ1) is 24.7. The molecule has 1 amide bonds. The van der Waals surface area contributed by atoms with E-state index in [9.17, 15) is 4.79 Å². The summed E-state index contributed by atoms with van der Waals surface area (Å²) in [6.45, 7) is 5.10. The summed E-state index contributed by atoms with van der Waals surface area (Å²) in [6, 6.07) is 15.7. The lowest BCUT2D eigenvalue weighted by Crippen LogP contribution is -2.41. The molecule has 0 aliphatic carbocycles. The maximum atomic E-state index is 12.8. The molecule has 1 aliphatic rings. The molecule has 0 bridgehead atoms. The molecule has 1 aliphatic heterocycles. The largest absolute Gasteiger partial charge is 0.356 e. The van der Waals surface area contributed by atoms with Crippen molar-refractivity contribution in [3.63, 3.8) is 0 Å². The molecule has 3 aromatic rings. The van der Waals surface area contributed by atoms with E-state index < -0.39 is 0 Å². The van der Waals surface area contributed by atoms with Crippen LogP contribution in [-0.2, 0) is 17.8 Å². The van der Waals surface area contributed by atoms with Gasteiger partial charge in [-0.25, -0.2) is 0 Å². The van der Waals surface area contributed by atoms with Gasteiger partial charge in [-0.05, 0) is 62.0 Å². The number of rotatable bonds is 9. The fraction of sp³-hybridized carbons (Fsp3) is 0.423.